The van der Waals surface area contributed by atoms with Crippen molar-refractivity contribution in [1.29, 1.82) is 0 Å². The average Bonchev–Trinajstić information content (AvgIpc) is 2.94. The van der Waals surface area contributed by atoms with Crippen molar-refractivity contribution in [3.63, 3.8) is 0 Å². The van der Waals surface area contributed by atoms with Gasteiger partial charge in [-0.05, 0) is 18.2 Å². The Balaban J connectivity index is 1.97. The number of non-ortho nitro benzene ring substituents is 1. The molecule has 2 rings (SSSR count). The number of nitrogens with one attached hydrogen (secondary N) is 1. The summed E-state index contributed by atoms with van der Waals surface area (Å²) in [6.07, 6.45) is 2.56. The van der Waals surface area contributed by atoms with E-state index >= 15 is 0 Å². The molecule has 0 aliphatic heterocycles. The molecule has 1 aromatic heterocycles. The van der Waals surface area contributed by atoms with E-state index in [-0.39, 0.29) is 23.0 Å². The normalized spacial score (nSPS) is 10.2. The smallest absolute Gasteiger partial charge is 0.271 e. The number of amides is 1. The molecule has 0 fully saturated rings. The van der Waals surface area contributed by atoms with Crippen molar-refractivity contribution in [1.82, 2.24) is 4.57 Å². The summed E-state index contributed by atoms with van der Waals surface area (Å²) >= 11 is 5.89. The van der Waals surface area contributed by atoms with Gasteiger partial charge in [-0.3, -0.25) is 19.7 Å². The number of halogens is 1. The summed E-state index contributed by atoms with van der Waals surface area (Å²) in [5.41, 5.74) is 0.646. The maximum atomic E-state index is 11.9. The van der Waals surface area contributed by atoms with Crippen LogP contribution in [0.3, 0.4) is 0 Å². The molecular formula is C14H12ClN3O4. The summed E-state index contributed by atoms with van der Waals surface area (Å²) < 4.78 is 1.66. The fourth-order valence-corrected chi connectivity index (χ4v) is 2.11. The molecule has 0 atom stereocenters. The van der Waals surface area contributed by atoms with Gasteiger partial charge in [0.1, 0.15) is 0 Å². The highest BCUT2D eigenvalue weighted by atomic mass is 35.5. The van der Waals surface area contributed by atoms with Crippen LogP contribution in [0.2, 0.25) is 5.02 Å². The molecule has 1 aromatic carbocycles. The lowest BCUT2D eigenvalue weighted by Gasteiger charge is -2.08. The summed E-state index contributed by atoms with van der Waals surface area (Å²) in [4.78, 5) is 32.7. The highest BCUT2D eigenvalue weighted by molar-refractivity contribution is 6.33. The third-order valence-corrected chi connectivity index (χ3v) is 3.32. The number of carbonyl (C=O) groups is 2. The minimum absolute atomic E-state index is 0.0945. The van der Waals surface area contributed by atoms with Crippen LogP contribution in [0.4, 0.5) is 11.4 Å². The van der Waals surface area contributed by atoms with Crippen molar-refractivity contribution in [2.24, 2.45) is 0 Å². The Morgan fingerprint density at radius 3 is 2.82 bits per heavy atom. The Labute approximate surface area is 130 Å². The second-order valence-corrected chi connectivity index (χ2v) is 4.87. The van der Waals surface area contributed by atoms with Crippen molar-refractivity contribution in [3.05, 3.63) is 57.4 Å². The fraction of sp³-hybridized carbons (Fsp3) is 0.143. The lowest BCUT2D eigenvalue weighted by Crippen LogP contribution is -2.15. The van der Waals surface area contributed by atoms with Gasteiger partial charge in [0.15, 0.2) is 6.29 Å². The number of nitrogens with zero attached hydrogens (tertiary/aromatic N) is 2. The van der Waals surface area contributed by atoms with Crippen LogP contribution in [-0.4, -0.2) is 21.7 Å². The molecule has 2 aromatic rings. The standard InChI is InChI=1S/C14H12ClN3O4/c15-12-8-10(18(21)22)3-4-13(12)16-14(20)5-7-17-6-1-2-11(17)9-19/h1-4,6,8-9H,5,7H2,(H,16,20). The Kier molecular flexibility index (Phi) is 4.90. The molecule has 8 heteroatoms. The first-order chi connectivity index (χ1) is 10.5. The molecule has 22 heavy (non-hydrogen) atoms. The Bertz CT molecular complexity index is 727. The molecule has 1 heterocycles. The van der Waals surface area contributed by atoms with Gasteiger partial charge in [-0.15, -0.1) is 0 Å². The number of hydrogen-bond acceptors (Lipinski definition) is 4. The predicted molar refractivity (Wildman–Crippen MR) is 81.2 cm³/mol. The van der Waals surface area contributed by atoms with Gasteiger partial charge in [0.05, 0.1) is 21.3 Å². The second-order valence-electron chi connectivity index (χ2n) is 4.46. The van der Waals surface area contributed by atoms with Crippen LogP contribution in [0.25, 0.3) is 0 Å². The van der Waals surface area contributed by atoms with Gasteiger partial charge < -0.3 is 9.88 Å². The number of rotatable bonds is 6. The molecule has 7 nitrogen and oxygen atoms in total. The summed E-state index contributed by atoms with van der Waals surface area (Å²) in [5, 5.41) is 13.3. The van der Waals surface area contributed by atoms with Gasteiger partial charge in [0.25, 0.3) is 5.69 Å². The van der Waals surface area contributed by atoms with Crippen LogP contribution < -0.4 is 5.32 Å². The van der Waals surface area contributed by atoms with Crippen LogP contribution >= 0.6 is 11.6 Å². The summed E-state index contributed by atoms with van der Waals surface area (Å²) in [6, 6.07) is 7.18. The lowest BCUT2D eigenvalue weighted by atomic mass is 10.2. The molecule has 0 saturated heterocycles. The summed E-state index contributed by atoms with van der Waals surface area (Å²) in [7, 11) is 0. The summed E-state index contributed by atoms with van der Waals surface area (Å²) in [6.45, 7) is 0.345. The zero-order valence-corrected chi connectivity index (χ0v) is 12.1. The number of aromatic nitrogens is 1. The molecule has 0 spiro atoms. The fourth-order valence-electron chi connectivity index (χ4n) is 1.89. The molecule has 1 N–H and O–H groups in total. The average molecular weight is 322 g/mol. The third kappa shape index (κ3) is 3.70. The van der Waals surface area contributed by atoms with Crippen LogP contribution in [0.5, 0.6) is 0 Å². The van der Waals surface area contributed by atoms with Gasteiger partial charge in [-0.1, -0.05) is 11.6 Å². The Morgan fingerprint density at radius 2 is 2.18 bits per heavy atom. The van der Waals surface area contributed by atoms with Crippen molar-refractivity contribution < 1.29 is 14.5 Å². The van der Waals surface area contributed by atoms with E-state index in [9.17, 15) is 19.7 Å². The molecule has 114 valence electrons. The minimum atomic E-state index is -0.565. The first kappa shape index (κ1) is 15.7. The highest BCUT2D eigenvalue weighted by Crippen LogP contribution is 2.26. The van der Waals surface area contributed by atoms with Crippen molar-refractivity contribution in [2.75, 3.05) is 5.32 Å². The molecule has 0 saturated carbocycles. The third-order valence-electron chi connectivity index (χ3n) is 3.00. The molecule has 0 radical (unpaired) electrons. The first-order valence-corrected chi connectivity index (χ1v) is 6.73. The van der Waals surface area contributed by atoms with Gasteiger partial charge in [-0.25, -0.2) is 0 Å². The van der Waals surface area contributed by atoms with Crippen LogP contribution in [-0.2, 0) is 11.3 Å². The van der Waals surface area contributed by atoms with E-state index in [1.807, 2.05) is 0 Å². The van der Waals surface area contributed by atoms with E-state index in [0.717, 1.165) is 0 Å². The van der Waals surface area contributed by atoms with Gasteiger partial charge in [0.2, 0.25) is 5.91 Å². The highest BCUT2D eigenvalue weighted by Gasteiger charge is 2.11. The number of aldehydes is 1. The zero-order chi connectivity index (χ0) is 16.1. The molecule has 0 bridgehead atoms. The lowest BCUT2D eigenvalue weighted by molar-refractivity contribution is -0.384. The van der Waals surface area contributed by atoms with Gasteiger partial charge in [0, 0.05) is 31.3 Å². The van der Waals surface area contributed by atoms with E-state index in [1.165, 1.54) is 18.2 Å². The topological polar surface area (TPSA) is 94.2 Å². The SMILES string of the molecule is O=Cc1cccn1CCC(=O)Nc1ccc([N+](=O)[O-])cc1Cl. The van der Waals surface area contributed by atoms with Crippen molar-refractivity contribution >= 4 is 35.2 Å². The number of carbonyl (C=O) groups excluding carboxylic acids is 2. The van der Waals surface area contributed by atoms with Crippen LogP contribution in [0.15, 0.2) is 36.5 Å². The van der Waals surface area contributed by atoms with Gasteiger partial charge >= 0.3 is 0 Å². The molecule has 0 aliphatic carbocycles. The maximum absolute atomic E-state index is 11.9. The Morgan fingerprint density at radius 1 is 1.41 bits per heavy atom. The molecule has 0 aliphatic rings. The monoisotopic (exact) mass is 321 g/mol. The van der Waals surface area contributed by atoms with Crippen molar-refractivity contribution in [3.8, 4) is 0 Å². The van der Waals surface area contributed by atoms with Crippen LogP contribution in [0.1, 0.15) is 16.9 Å². The predicted octanol–water partition coefficient (Wildman–Crippen LogP) is 2.89. The largest absolute Gasteiger partial charge is 0.345 e. The quantitative estimate of drug-likeness (QED) is 0.503. The molecular weight excluding hydrogens is 310 g/mol. The first-order valence-electron chi connectivity index (χ1n) is 6.35. The number of hydrogen-bond donors (Lipinski definition) is 1. The van der Waals surface area contributed by atoms with E-state index in [1.54, 1.807) is 22.9 Å². The number of benzene rings is 1. The molecule has 0 unspecified atom stereocenters. The van der Waals surface area contributed by atoms with E-state index in [2.05, 4.69) is 5.32 Å². The van der Waals surface area contributed by atoms with E-state index in [4.69, 9.17) is 11.6 Å². The minimum Gasteiger partial charge on any atom is -0.345 e. The number of nitro benzene ring substituents is 1. The number of aryl methyl sites for hydroxylation is 1. The summed E-state index contributed by atoms with van der Waals surface area (Å²) in [5.74, 6) is -0.304. The second kappa shape index (κ2) is 6.86. The number of nitro groups is 1. The van der Waals surface area contributed by atoms with Crippen molar-refractivity contribution in [2.45, 2.75) is 13.0 Å². The van der Waals surface area contributed by atoms with Gasteiger partial charge in [-0.2, -0.15) is 0 Å². The van der Waals surface area contributed by atoms with Crippen LogP contribution in [0, 0.1) is 10.1 Å². The molecule has 1 amide bonds. The maximum Gasteiger partial charge on any atom is 0.271 e. The zero-order valence-electron chi connectivity index (χ0n) is 11.4. The number of anilines is 1. The van der Waals surface area contributed by atoms with E-state index in [0.29, 0.717) is 24.2 Å². The Hall–Kier alpha value is -2.67. The van der Waals surface area contributed by atoms with E-state index < -0.39 is 4.92 Å².